The molecule has 1 heterocycles. The van der Waals surface area contributed by atoms with Gasteiger partial charge >= 0.3 is 5.97 Å². The Balaban J connectivity index is 1.55. The topological polar surface area (TPSA) is 76.1 Å². The SMILES string of the molecule is COc1ccc2c(c1OCc1ccccc1)CC(C(=O)O)N(C(=O)C(C)(c1ccccc1)c1ccccc1)C2. The molecule has 0 radical (unpaired) electrons. The lowest BCUT2D eigenvalue weighted by Crippen LogP contribution is -2.55. The highest BCUT2D eigenvalue weighted by atomic mass is 16.5. The maximum Gasteiger partial charge on any atom is 0.326 e. The highest BCUT2D eigenvalue weighted by molar-refractivity contribution is 5.95. The number of hydrogen-bond donors (Lipinski definition) is 1. The molecule has 1 amide bonds. The van der Waals surface area contributed by atoms with Crippen LogP contribution in [0.5, 0.6) is 11.5 Å². The van der Waals surface area contributed by atoms with Crippen molar-refractivity contribution in [3.63, 3.8) is 0 Å². The third-order valence-corrected chi connectivity index (χ3v) is 7.56. The molecule has 1 aliphatic heterocycles. The second kappa shape index (κ2) is 11.0. The van der Waals surface area contributed by atoms with E-state index in [1.165, 1.54) is 4.90 Å². The van der Waals surface area contributed by atoms with Crippen LogP contribution in [0, 0.1) is 0 Å². The number of carbonyl (C=O) groups is 2. The van der Waals surface area contributed by atoms with Crippen molar-refractivity contribution in [3.05, 3.63) is 131 Å². The maximum absolute atomic E-state index is 14.5. The Hall–Kier alpha value is -4.58. The van der Waals surface area contributed by atoms with Crippen molar-refractivity contribution < 1.29 is 24.2 Å². The van der Waals surface area contributed by atoms with Crippen molar-refractivity contribution >= 4 is 11.9 Å². The summed E-state index contributed by atoms with van der Waals surface area (Å²) in [6, 6.07) is 31.5. The van der Waals surface area contributed by atoms with Crippen LogP contribution in [-0.2, 0) is 34.6 Å². The van der Waals surface area contributed by atoms with Gasteiger partial charge in [0.25, 0.3) is 0 Å². The van der Waals surface area contributed by atoms with E-state index in [9.17, 15) is 14.7 Å². The van der Waals surface area contributed by atoms with Gasteiger partial charge in [-0.3, -0.25) is 4.79 Å². The van der Waals surface area contributed by atoms with E-state index in [2.05, 4.69) is 0 Å². The molecule has 0 saturated carbocycles. The minimum Gasteiger partial charge on any atom is -0.493 e. The first kappa shape index (κ1) is 26.0. The molecule has 1 aliphatic rings. The third-order valence-electron chi connectivity index (χ3n) is 7.56. The second-order valence-electron chi connectivity index (χ2n) is 9.86. The van der Waals surface area contributed by atoms with Crippen LogP contribution in [0.3, 0.4) is 0 Å². The zero-order valence-corrected chi connectivity index (χ0v) is 22.0. The lowest BCUT2D eigenvalue weighted by Gasteiger charge is -2.41. The maximum atomic E-state index is 14.5. The molecule has 0 bridgehead atoms. The molecule has 6 nitrogen and oxygen atoms in total. The summed E-state index contributed by atoms with van der Waals surface area (Å²) in [5, 5.41) is 10.3. The number of nitrogens with zero attached hydrogens (tertiary/aromatic N) is 1. The van der Waals surface area contributed by atoms with E-state index in [4.69, 9.17) is 9.47 Å². The van der Waals surface area contributed by atoms with Crippen LogP contribution in [0.4, 0.5) is 0 Å². The number of rotatable bonds is 8. The van der Waals surface area contributed by atoms with E-state index in [0.29, 0.717) is 18.1 Å². The fraction of sp³-hybridized carbons (Fsp3) is 0.212. The van der Waals surface area contributed by atoms with E-state index >= 15 is 0 Å². The van der Waals surface area contributed by atoms with Crippen LogP contribution in [0.2, 0.25) is 0 Å². The minimum atomic E-state index is -1.08. The first-order valence-electron chi connectivity index (χ1n) is 12.9. The number of carbonyl (C=O) groups excluding carboxylic acids is 1. The van der Waals surface area contributed by atoms with Crippen LogP contribution in [0.1, 0.15) is 34.7 Å². The van der Waals surface area contributed by atoms with Gasteiger partial charge in [-0.05, 0) is 35.2 Å². The van der Waals surface area contributed by atoms with Gasteiger partial charge in [-0.1, -0.05) is 97.1 Å². The molecule has 39 heavy (non-hydrogen) atoms. The summed E-state index contributed by atoms with van der Waals surface area (Å²) in [7, 11) is 1.57. The van der Waals surface area contributed by atoms with Crippen molar-refractivity contribution in [1.29, 1.82) is 0 Å². The van der Waals surface area contributed by atoms with Crippen LogP contribution in [0.15, 0.2) is 103 Å². The molecule has 0 aromatic heterocycles. The van der Waals surface area contributed by atoms with E-state index < -0.39 is 17.4 Å². The third kappa shape index (κ3) is 4.98. The van der Waals surface area contributed by atoms with Gasteiger partial charge in [0.05, 0.1) is 12.5 Å². The lowest BCUT2D eigenvalue weighted by atomic mass is 9.74. The van der Waals surface area contributed by atoms with Gasteiger partial charge in [0.1, 0.15) is 12.6 Å². The quantitative estimate of drug-likeness (QED) is 0.326. The number of amides is 1. The monoisotopic (exact) mass is 521 g/mol. The number of carboxylic acids is 1. The van der Waals surface area contributed by atoms with Crippen LogP contribution >= 0.6 is 0 Å². The summed E-state index contributed by atoms with van der Waals surface area (Å²) in [4.78, 5) is 28.6. The molecule has 0 spiro atoms. The van der Waals surface area contributed by atoms with Crippen LogP contribution in [-0.4, -0.2) is 35.0 Å². The number of hydrogen-bond acceptors (Lipinski definition) is 4. The average Bonchev–Trinajstić information content (AvgIpc) is 2.99. The molecule has 0 fully saturated rings. The Bertz CT molecular complexity index is 1410. The minimum absolute atomic E-state index is 0.109. The van der Waals surface area contributed by atoms with Crippen molar-refractivity contribution in [1.82, 2.24) is 4.90 Å². The van der Waals surface area contributed by atoms with E-state index in [-0.39, 0.29) is 18.9 Å². The number of ether oxygens (including phenoxy) is 2. The molecule has 198 valence electrons. The highest BCUT2D eigenvalue weighted by Gasteiger charge is 2.46. The Kier molecular flexibility index (Phi) is 7.37. The molecule has 0 saturated heterocycles. The molecule has 1 N–H and O–H groups in total. The normalized spacial score (nSPS) is 14.8. The van der Waals surface area contributed by atoms with Crippen molar-refractivity contribution in [2.45, 2.75) is 38.0 Å². The van der Waals surface area contributed by atoms with Gasteiger partial charge in [-0.2, -0.15) is 0 Å². The van der Waals surface area contributed by atoms with E-state index in [0.717, 1.165) is 27.8 Å². The highest BCUT2D eigenvalue weighted by Crippen LogP contribution is 2.41. The molecular formula is C33H31NO5. The zero-order valence-electron chi connectivity index (χ0n) is 22.0. The summed E-state index contributed by atoms with van der Waals surface area (Å²) < 4.78 is 11.8. The Morgan fingerprint density at radius 1 is 0.872 bits per heavy atom. The van der Waals surface area contributed by atoms with Gasteiger partial charge in [0.2, 0.25) is 5.91 Å². The number of carboxylic acid groups (broad SMARTS) is 1. The fourth-order valence-electron chi connectivity index (χ4n) is 5.34. The van der Waals surface area contributed by atoms with Gasteiger partial charge in [-0.15, -0.1) is 0 Å². The molecule has 5 rings (SSSR count). The van der Waals surface area contributed by atoms with Crippen molar-refractivity contribution in [2.24, 2.45) is 0 Å². The summed E-state index contributed by atoms with van der Waals surface area (Å²) in [6.07, 6.45) is 0.109. The second-order valence-corrected chi connectivity index (χ2v) is 9.86. The van der Waals surface area contributed by atoms with Gasteiger partial charge in [-0.25, -0.2) is 4.79 Å². The number of methoxy groups -OCH3 is 1. The van der Waals surface area contributed by atoms with E-state index in [1.807, 2.05) is 110 Å². The summed E-state index contributed by atoms with van der Waals surface area (Å²) >= 11 is 0. The van der Waals surface area contributed by atoms with Crippen LogP contribution in [0.25, 0.3) is 0 Å². The largest absolute Gasteiger partial charge is 0.493 e. The molecular weight excluding hydrogens is 490 g/mol. The van der Waals surface area contributed by atoms with Crippen LogP contribution < -0.4 is 9.47 Å². The molecule has 1 atom stereocenters. The average molecular weight is 522 g/mol. The molecule has 1 unspecified atom stereocenters. The summed E-state index contributed by atoms with van der Waals surface area (Å²) in [5.74, 6) is -0.270. The molecule has 0 aliphatic carbocycles. The van der Waals surface area contributed by atoms with Crippen molar-refractivity contribution in [3.8, 4) is 11.5 Å². The smallest absolute Gasteiger partial charge is 0.326 e. The Morgan fingerprint density at radius 3 is 1.97 bits per heavy atom. The van der Waals surface area contributed by atoms with Crippen molar-refractivity contribution in [2.75, 3.05) is 7.11 Å². The Labute approximate surface area is 228 Å². The fourth-order valence-corrected chi connectivity index (χ4v) is 5.34. The van der Waals surface area contributed by atoms with Gasteiger partial charge < -0.3 is 19.5 Å². The number of benzene rings is 4. The Morgan fingerprint density at radius 2 is 1.44 bits per heavy atom. The number of aliphatic carboxylic acids is 1. The number of fused-ring (bicyclic) bond motifs is 1. The predicted molar refractivity (Wildman–Crippen MR) is 149 cm³/mol. The standard InChI is InChI=1S/C33H31NO5/c1-33(25-14-8-4-9-15-25,26-16-10-5-11-17-26)32(37)34-21-24-18-19-29(38-2)30(27(24)20-28(34)31(35)36)39-22-23-12-6-3-7-13-23/h3-19,28H,20-22H2,1-2H3,(H,35,36). The molecule has 4 aromatic carbocycles. The molecule has 4 aromatic rings. The van der Waals surface area contributed by atoms with Gasteiger partial charge in [0.15, 0.2) is 11.5 Å². The summed E-state index contributed by atoms with van der Waals surface area (Å²) in [6.45, 7) is 2.33. The molecule has 6 heteroatoms. The lowest BCUT2D eigenvalue weighted by molar-refractivity contribution is -0.153. The zero-order chi connectivity index (χ0) is 27.4. The first-order valence-corrected chi connectivity index (χ1v) is 12.9. The predicted octanol–water partition coefficient (Wildman–Crippen LogP) is 5.62. The summed E-state index contributed by atoms with van der Waals surface area (Å²) in [5.41, 5.74) is 3.11. The van der Waals surface area contributed by atoms with Gasteiger partial charge in [0, 0.05) is 18.5 Å². The first-order chi connectivity index (χ1) is 18.9. The van der Waals surface area contributed by atoms with E-state index in [1.54, 1.807) is 7.11 Å².